The minimum atomic E-state index is -0.316. The zero-order valence-corrected chi connectivity index (χ0v) is 12.5. The Hall–Kier alpha value is -1.51. The van der Waals surface area contributed by atoms with Crippen LogP contribution in [0.4, 0.5) is 5.69 Å². The third kappa shape index (κ3) is 4.58. The fraction of sp³-hybridized carbons (Fsp3) is 0.562. The van der Waals surface area contributed by atoms with Gasteiger partial charge in [-0.15, -0.1) is 0 Å². The molecular formula is C16H25NO2. The normalized spacial score (nSPS) is 12.0. The summed E-state index contributed by atoms with van der Waals surface area (Å²) in [6, 6.07) is 5.87. The molecule has 1 atom stereocenters. The van der Waals surface area contributed by atoms with Crippen LogP contribution >= 0.6 is 0 Å². The standard InChI is InChI=1S/C16H25NO2/c1-5-7-11-19-16(18)13(4)17-15-12(3)9-8-10-14(15)6-2/h8-10,13,17H,5-7,11H2,1-4H3/t13-/m0/s1. The van der Waals surface area contributed by atoms with E-state index in [1.165, 1.54) is 5.56 Å². The zero-order chi connectivity index (χ0) is 14.3. The van der Waals surface area contributed by atoms with Gasteiger partial charge in [-0.05, 0) is 37.8 Å². The van der Waals surface area contributed by atoms with E-state index >= 15 is 0 Å². The van der Waals surface area contributed by atoms with Crippen molar-refractivity contribution >= 4 is 11.7 Å². The van der Waals surface area contributed by atoms with Gasteiger partial charge in [0, 0.05) is 5.69 Å². The molecule has 0 aliphatic heterocycles. The molecule has 1 aromatic carbocycles. The summed E-state index contributed by atoms with van der Waals surface area (Å²) in [5.74, 6) is -0.182. The predicted octanol–water partition coefficient (Wildman–Crippen LogP) is 3.70. The van der Waals surface area contributed by atoms with E-state index in [0.29, 0.717) is 6.61 Å². The van der Waals surface area contributed by atoms with Crippen molar-refractivity contribution in [1.82, 2.24) is 0 Å². The maximum Gasteiger partial charge on any atom is 0.328 e. The molecule has 19 heavy (non-hydrogen) atoms. The van der Waals surface area contributed by atoms with Gasteiger partial charge >= 0.3 is 5.97 Å². The Morgan fingerprint density at radius 2 is 2.11 bits per heavy atom. The molecule has 0 saturated carbocycles. The second-order valence-electron chi connectivity index (χ2n) is 4.85. The van der Waals surface area contributed by atoms with Crippen LogP contribution in [-0.4, -0.2) is 18.6 Å². The van der Waals surface area contributed by atoms with Crippen LogP contribution < -0.4 is 5.32 Å². The summed E-state index contributed by atoms with van der Waals surface area (Å²) in [6.07, 6.45) is 2.90. The quantitative estimate of drug-likeness (QED) is 0.602. The molecule has 0 fully saturated rings. The highest BCUT2D eigenvalue weighted by Gasteiger charge is 2.16. The van der Waals surface area contributed by atoms with Crippen LogP contribution in [0.25, 0.3) is 0 Å². The maximum absolute atomic E-state index is 11.8. The van der Waals surface area contributed by atoms with Gasteiger partial charge in [-0.3, -0.25) is 0 Å². The average molecular weight is 263 g/mol. The van der Waals surface area contributed by atoms with E-state index in [9.17, 15) is 4.79 Å². The lowest BCUT2D eigenvalue weighted by Crippen LogP contribution is -2.29. The molecule has 0 bridgehead atoms. The van der Waals surface area contributed by atoms with Crippen LogP contribution in [0.15, 0.2) is 18.2 Å². The highest BCUT2D eigenvalue weighted by Crippen LogP contribution is 2.22. The Balaban J connectivity index is 2.66. The van der Waals surface area contributed by atoms with Gasteiger partial charge in [0.1, 0.15) is 6.04 Å². The van der Waals surface area contributed by atoms with Gasteiger partial charge in [0.2, 0.25) is 0 Å². The first-order valence-electron chi connectivity index (χ1n) is 7.11. The first-order valence-corrected chi connectivity index (χ1v) is 7.11. The van der Waals surface area contributed by atoms with Crippen molar-refractivity contribution in [2.24, 2.45) is 0 Å². The van der Waals surface area contributed by atoms with E-state index in [0.717, 1.165) is 30.5 Å². The lowest BCUT2D eigenvalue weighted by Gasteiger charge is -2.18. The van der Waals surface area contributed by atoms with Gasteiger partial charge in [-0.1, -0.05) is 38.5 Å². The smallest absolute Gasteiger partial charge is 0.328 e. The van der Waals surface area contributed by atoms with Crippen LogP contribution in [0.3, 0.4) is 0 Å². The van der Waals surface area contributed by atoms with Gasteiger partial charge < -0.3 is 10.1 Å². The van der Waals surface area contributed by atoms with Crippen molar-refractivity contribution in [1.29, 1.82) is 0 Å². The molecule has 1 N–H and O–H groups in total. The van der Waals surface area contributed by atoms with Gasteiger partial charge in [-0.2, -0.15) is 0 Å². The molecular weight excluding hydrogens is 238 g/mol. The minimum Gasteiger partial charge on any atom is -0.464 e. The summed E-state index contributed by atoms with van der Waals surface area (Å²) in [4.78, 5) is 11.8. The molecule has 0 spiro atoms. The molecule has 1 rings (SSSR count). The van der Waals surface area contributed by atoms with Crippen molar-refractivity contribution in [3.8, 4) is 0 Å². The molecule has 0 saturated heterocycles. The fourth-order valence-electron chi connectivity index (χ4n) is 1.95. The number of benzene rings is 1. The molecule has 0 aromatic heterocycles. The number of nitrogens with one attached hydrogen (secondary N) is 1. The summed E-state index contributed by atoms with van der Waals surface area (Å²) < 4.78 is 5.23. The van der Waals surface area contributed by atoms with E-state index in [1.807, 2.05) is 13.0 Å². The lowest BCUT2D eigenvalue weighted by atomic mass is 10.1. The van der Waals surface area contributed by atoms with Crippen molar-refractivity contribution in [2.75, 3.05) is 11.9 Å². The Bertz CT molecular complexity index is 415. The third-order valence-electron chi connectivity index (χ3n) is 3.20. The van der Waals surface area contributed by atoms with Gasteiger partial charge in [0.25, 0.3) is 0 Å². The molecule has 0 aliphatic rings. The van der Waals surface area contributed by atoms with Gasteiger partial charge in [0.05, 0.1) is 6.61 Å². The second kappa shape index (κ2) is 7.82. The highest BCUT2D eigenvalue weighted by molar-refractivity contribution is 5.79. The average Bonchev–Trinajstić information content (AvgIpc) is 2.41. The van der Waals surface area contributed by atoms with E-state index < -0.39 is 0 Å². The number of esters is 1. The number of rotatable bonds is 7. The third-order valence-corrected chi connectivity index (χ3v) is 3.20. The summed E-state index contributed by atoms with van der Waals surface area (Å²) in [7, 11) is 0. The number of anilines is 1. The van der Waals surface area contributed by atoms with Gasteiger partial charge in [0.15, 0.2) is 0 Å². The van der Waals surface area contributed by atoms with Crippen molar-refractivity contribution < 1.29 is 9.53 Å². The second-order valence-corrected chi connectivity index (χ2v) is 4.85. The maximum atomic E-state index is 11.8. The summed E-state index contributed by atoms with van der Waals surface area (Å²) in [5, 5.41) is 3.28. The molecule has 3 nitrogen and oxygen atoms in total. The highest BCUT2D eigenvalue weighted by atomic mass is 16.5. The molecule has 0 unspecified atom stereocenters. The molecule has 0 radical (unpaired) electrons. The summed E-state index contributed by atoms with van der Waals surface area (Å²) in [5.41, 5.74) is 3.45. The molecule has 0 heterocycles. The monoisotopic (exact) mass is 263 g/mol. The predicted molar refractivity (Wildman–Crippen MR) is 79.5 cm³/mol. The Morgan fingerprint density at radius 1 is 1.37 bits per heavy atom. The number of carbonyl (C=O) groups is 1. The van der Waals surface area contributed by atoms with E-state index in [1.54, 1.807) is 0 Å². The van der Waals surface area contributed by atoms with Crippen LogP contribution in [0.5, 0.6) is 0 Å². The van der Waals surface area contributed by atoms with Crippen LogP contribution in [0, 0.1) is 6.92 Å². The van der Waals surface area contributed by atoms with Crippen molar-refractivity contribution in [2.45, 2.75) is 53.0 Å². The Kier molecular flexibility index (Phi) is 6.40. The Labute approximate surface area is 116 Å². The first-order chi connectivity index (χ1) is 9.10. The Morgan fingerprint density at radius 3 is 2.74 bits per heavy atom. The summed E-state index contributed by atoms with van der Waals surface area (Å²) >= 11 is 0. The van der Waals surface area contributed by atoms with E-state index in [4.69, 9.17) is 4.74 Å². The number of aryl methyl sites for hydroxylation is 2. The minimum absolute atomic E-state index is 0.182. The van der Waals surface area contributed by atoms with E-state index in [-0.39, 0.29) is 12.0 Å². The largest absolute Gasteiger partial charge is 0.464 e. The number of hydrogen-bond acceptors (Lipinski definition) is 3. The number of carbonyl (C=O) groups excluding carboxylic acids is 1. The van der Waals surface area contributed by atoms with Gasteiger partial charge in [-0.25, -0.2) is 4.79 Å². The fourth-order valence-corrected chi connectivity index (χ4v) is 1.95. The van der Waals surface area contributed by atoms with Crippen LogP contribution in [0.1, 0.15) is 44.7 Å². The molecule has 106 valence electrons. The molecule has 0 aliphatic carbocycles. The number of para-hydroxylation sites is 1. The zero-order valence-electron chi connectivity index (χ0n) is 12.5. The number of hydrogen-bond donors (Lipinski definition) is 1. The lowest BCUT2D eigenvalue weighted by molar-refractivity contribution is -0.144. The van der Waals surface area contributed by atoms with Crippen molar-refractivity contribution in [3.63, 3.8) is 0 Å². The molecule has 0 amide bonds. The van der Waals surface area contributed by atoms with Crippen molar-refractivity contribution in [3.05, 3.63) is 29.3 Å². The molecule has 3 heteroatoms. The van der Waals surface area contributed by atoms with Crippen LogP contribution in [-0.2, 0) is 16.0 Å². The molecule has 1 aromatic rings. The topological polar surface area (TPSA) is 38.3 Å². The van der Waals surface area contributed by atoms with Crippen LogP contribution in [0.2, 0.25) is 0 Å². The first kappa shape index (κ1) is 15.5. The number of unbranched alkanes of at least 4 members (excludes halogenated alkanes) is 1. The van der Waals surface area contributed by atoms with E-state index in [2.05, 4.69) is 38.2 Å². The summed E-state index contributed by atoms with van der Waals surface area (Å²) in [6.45, 7) is 8.60. The number of ether oxygens (including phenoxy) is 1. The SMILES string of the molecule is CCCCOC(=O)[C@H](C)Nc1c(C)cccc1CC.